The van der Waals surface area contributed by atoms with E-state index in [0.717, 1.165) is 12.8 Å². The largest absolute Gasteiger partial charge is 0.506 e. The van der Waals surface area contributed by atoms with Crippen molar-refractivity contribution in [2.24, 2.45) is 5.73 Å². The van der Waals surface area contributed by atoms with Crippen LogP contribution in [0.3, 0.4) is 0 Å². The van der Waals surface area contributed by atoms with E-state index in [9.17, 15) is 19.5 Å². The number of phenols is 1. The third-order valence-corrected chi connectivity index (χ3v) is 6.01. The molecule has 0 spiro atoms. The summed E-state index contributed by atoms with van der Waals surface area (Å²) in [5, 5.41) is 10.5. The van der Waals surface area contributed by atoms with Crippen molar-refractivity contribution in [1.82, 2.24) is 0 Å². The van der Waals surface area contributed by atoms with Gasteiger partial charge in [-0.05, 0) is 62.5 Å². The molecule has 0 fully saturated rings. The van der Waals surface area contributed by atoms with Crippen LogP contribution in [0, 0.1) is 0 Å². The van der Waals surface area contributed by atoms with E-state index in [1.807, 2.05) is 6.92 Å². The molecule has 0 saturated heterocycles. The maximum Gasteiger partial charge on any atom is 0.311 e. The zero-order valence-corrected chi connectivity index (χ0v) is 20.4. The number of phenolic OH excluding ortho intramolecular Hbond substituents is 1. The number of aryl methyl sites for hydroxylation is 1. The van der Waals surface area contributed by atoms with E-state index in [1.54, 1.807) is 18.2 Å². The molecule has 0 aliphatic carbocycles. The predicted octanol–water partition coefficient (Wildman–Crippen LogP) is 5.41. The van der Waals surface area contributed by atoms with Crippen LogP contribution in [0.5, 0.6) is 11.5 Å². The number of carbonyl (C=O) groups excluding carboxylic acids is 3. The highest BCUT2D eigenvalue weighted by Crippen LogP contribution is 2.36. The van der Waals surface area contributed by atoms with Crippen molar-refractivity contribution in [3.05, 3.63) is 56.2 Å². The highest BCUT2D eigenvalue weighted by atomic mass is 79.9. The Labute approximate surface area is 201 Å². The lowest BCUT2D eigenvalue weighted by atomic mass is 9.98. The monoisotopic (exact) mass is 565 g/mol. The molecule has 3 N–H and O–H groups in total. The molecule has 3 aromatic rings. The third-order valence-electron chi connectivity index (χ3n) is 4.81. The van der Waals surface area contributed by atoms with Crippen molar-refractivity contribution in [1.29, 1.82) is 0 Å². The van der Waals surface area contributed by atoms with Gasteiger partial charge in [0.2, 0.25) is 5.91 Å². The van der Waals surface area contributed by atoms with Gasteiger partial charge in [-0.1, -0.05) is 13.3 Å². The summed E-state index contributed by atoms with van der Waals surface area (Å²) < 4.78 is 12.0. The van der Waals surface area contributed by atoms with E-state index in [0.29, 0.717) is 43.4 Å². The third kappa shape index (κ3) is 5.39. The number of nitrogens with two attached hydrogens (primary N) is 1. The second-order valence-electron chi connectivity index (χ2n) is 7.22. The number of halogens is 2. The van der Waals surface area contributed by atoms with Gasteiger partial charge in [-0.25, -0.2) is 0 Å². The lowest BCUT2D eigenvalue weighted by molar-refractivity contribution is -0.134. The molecule has 0 aliphatic heterocycles. The molecule has 0 unspecified atom stereocenters. The SMILES string of the molecule is CCCCC(=O)Oc1ccc2c(C(=O)c3cc(Br)c(O)c(Br)c3)c(CCC(N)=O)oc2c1. The fraction of sp³-hybridized carbons (Fsp3) is 0.261. The molecule has 0 radical (unpaired) electrons. The molecule has 32 heavy (non-hydrogen) atoms. The molecule has 0 saturated carbocycles. The van der Waals surface area contributed by atoms with Gasteiger partial charge in [-0.3, -0.25) is 14.4 Å². The quantitative estimate of drug-likeness (QED) is 0.203. The predicted molar refractivity (Wildman–Crippen MR) is 126 cm³/mol. The maximum absolute atomic E-state index is 13.4. The maximum atomic E-state index is 13.4. The zero-order chi connectivity index (χ0) is 23.4. The number of primary amides is 1. The van der Waals surface area contributed by atoms with Crippen molar-refractivity contribution in [2.75, 3.05) is 0 Å². The number of rotatable bonds is 9. The Balaban J connectivity index is 2.04. The van der Waals surface area contributed by atoms with Gasteiger partial charge in [0.25, 0.3) is 0 Å². The highest BCUT2D eigenvalue weighted by Gasteiger charge is 2.24. The van der Waals surface area contributed by atoms with Gasteiger partial charge in [-0.2, -0.15) is 0 Å². The summed E-state index contributed by atoms with van der Waals surface area (Å²) in [7, 11) is 0. The number of hydrogen-bond acceptors (Lipinski definition) is 6. The molecule has 168 valence electrons. The van der Waals surface area contributed by atoms with Crippen molar-refractivity contribution in [3.63, 3.8) is 0 Å². The van der Waals surface area contributed by atoms with Crippen LogP contribution >= 0.6 is 31.9 Å². The first kappa shape index (κ1) is 24.0. The average Bonchev–Trinajstić information content (AvgIpc) is 3.11. The van der Waals surface area contributed by atoms with Gasteiger partial charge in [0.15, 0.2) is 5.78 Å². The number of furan rings is 1. The molecule has 1 heterocycles. The first-order valence-electron chi connectivity index (χ1n) is 9.98. The number of unbranched alkanes of at least 4 members (excludes halogenated alkanes) is 1. The fourth-order valence-electron chi connectivity index (χ4n) is 3.20. The Morgan fingerprint density at radius 2 is 1.78 bits per heavy atom. The molecule has 1 amide bonds. The zero-order valence-electron chi connectivity index (χ0n) is 17.2. The molecule has 0 aliphatic rings. The van der Waals surface area contributed by atoms with Gasteiger partial charge >= 0.3 is 5.97 Å². The first-order chi connectivity index (χ1) is 15.2. The summed E-state index contributed by atoms with van der Waals surface area (Å²) in [6.07, 6.45) is 2.06. The Kier molecular flexibility index (Phi) is 7.73. The number of amides is 1. The average molecular weight is 567 g/mol. The Hall–Kier alpha value is -2.65. The van der Waals surface area contributed by atoms with Crippen LogP contribution < -0.4 is 10.5 Å². The summed E-state index contributed by atoms with van der Waals surface area (Å²) >= 11 is 6.46. The van der Waals surface area contributed by atoms with Crippen LogP contribution in [0.2, 0.25) is 0 Å². The molecule has 1 aromatic heterocycles. The number of ether oxygens (including phenoxy) is 1. The highest BCUT2D eigenvalue weighted by molar-refractivity contribution is 9.11. The summed E-state index contributed by atoms with van der Waals surface area (Å²) in [6, 6.07) is 7.80. The Morgan fingerprint density at radius 1 is 1.09 bits per heavy atom. The number of benzene rings is 2. The standard InChI is InChI=1S/C23H21Br2NO6/c1-2-3-4-20(28)31-13-5-6-14-18(11-13)32-17(7-8-19(26)27)21(14)22(29)12-9-15(24)23(30)16(25)10-12/h5-6,9-11,30H,2-4,7-8H2,1H3,(H2,26,27). The minimum atomic E-state index is -0.524. The fourth-order valence-corrected chi connectivity index (χ4v) is 4.38. The number of fused-ring (bicyclic) bond motifs is 1. The summed E-state index contributed by atoms with van der Waals surface area (Å²) in [6.45, 7) is 1.99. The minimum Gasteiger partial charge on any atom is -0.506 e. The van der Waals surface area contributed by atoms with E-state index in [2.05, 4.69) is 31.9 Å². The topological polar surface area (TPSA) is 120 Å². The summed E-state index contributed by atoms with van der Waals surface area (Å²) in [4.78, 5) is 36.7. The van der Waals surface area contributed by atoms with E-state index < -0.39 is 5.91 Å². The molecule has 7 nitrogen and oxygen atoms in total. The number of ketones is 1. The number of esters is 1. The molecular weight excluding hydrogens is 546 g/mol. The van der Waals surface area contributed by atoms with Gasteiger partial charge in [0.1, 0.15) is 22.8 Å². The first-order valence-corrected chi connectivity index (χ1v) is 11.6. The van der Waals surface area contributed by atoms with E-state index in [1.165, 1.54) is 12.1 Å². The molecule has 9 heteroatoms. The lowest BCUT2D eigenvalue weighted by Crippen LogP contribution is -2.12. The molecular formula is C23H21Br2NO6. The Morgan fingerprint density at radius 3 is 2.41 bits per heavy atom. The van der Waals surface area contributed by atoms with E-state index in [-0.39, 0.29) is 35.9 Å². The van der Waals surface area contributed by atoms with Crippen LogP contribution in [0.25, 0.3) is 11.0 Å². The normalized spacial score (nSPS) is 11.0. The van der Waals surface area contributed by atoms with Crippen LogP contribution in [0.15, 0.2) is 43.7 Å². The summed E-state index contributed by atoms with van der Waals surface area (Å²) in [5.41, 5.74) is 6.23. The van der Waals surface area contributed by atoms with Crippen molar-refractivity contribution in [3.8, 4) is 11.5 Å². The van der Waals surface area contributed by atoms with E-state index >= 15 is 0 Å². The second kappa shape index (κ2) is 10.3. The van der Waals surface area contributed by atoms with Gasteiger partial charge in [0.05, 0.1) is 14.5 Å². The summed E-state index contributed by atoms with van der Waals surface area (Å²) in [5.74, 6) is -0.632. The molecule has 0 bridgehead atoms. The van der Waals surface area contributed by atoms with Gasteiger partial charge < -0.3 is 20.0 Å². The number of carbonyl (C=O) groups is 3. The number of hydrogen-bond donors (Lipinski definition) is 2. The minimum absolute atomic E-state index is 0.00191. The number of aromatic hydroxyl groups is 1. The van der Waals surface area contributed by atoms with Crippen LogP contribution in [-0.4, -0.2) is 22.8 Å². The van der Waals surface area contributed by atoms with Gasteiger partial charge in [-0.15, -0.1) is 0 Å². The molecule has 3 rings (SSSR count). The Bertz CT molecular complexity index is 1180. The molecule has 0 atom stereocenters. The van der Waals surface area contributed by atoms with Crippen LogP contribution in [-0.2, 0) is 16.0 Å². The smallest absolute Gasteiger partial charge is 0.311 e. The molecule has 2 aromatic carbocycles. The van der Waals surface area contributed by atoms with Crippen LogP contribution in [0.1, 0.15) is 54.3 Å². The van der Waals surface area contributed by atoms with E-state index in [4.69, 9.17) is 14.9 Å². The lowest BCUT2D eigenvalue weighted by Gasteiger charge is -2.07. The van der Waals surface area contributed by atoms with Crippen molar-refractivity contribution in [2.45, 2.75) is 39.0 Å². The van der Waals surface area contributed by atoms with Crippen LogP contribution in [0.4, 0.5) is 0 Å². The second-order valence-corrected chi connectivity index (χ2v) is 8.93. The van der Waals surface area contributed by atoms with Gasteiger partial charge in [0, 0.05) is 36.3 Å². The van der Waals surface area contributed by atoms with Crippen molar-refractivity contribution >= 4 is 60.5 Å². The van der Waals surface area contributed by atoms with Crippen molar-refractivity contribution < 1.29 is 28.6 Å².